The number of halogens is 1. The third kappa shape index (κ3) is 3.22. The highest BCUT2D eigenvalue weighted by Gasteiger charge is 2.32. The van der Waals surface area contributed by atoms with E-state index in [0.717, 1.165) is 23.3 Å². The van der Waals surface area contributed by atoms with E-state index in [2.05, 4.69) is 22.1 Å². The molecular weight excluding hydrogens is 334 g/mol. The van der Waals surface area contributed by atoms with Gasteiger partial charge in [0.25, 0.3) is 5.91 Å². The van der Waals surface area contributed by atoms with Crippen LogP contribution in [0.15, 0.2) is 64.6 Å². The molecule has 126 valence electrons. The standard InChI is InChI=1S/C20H18ClN3O/c21-19-17-12-24(11-10-18(17)22-13-23-19)20(25)16-8-6-15(7-9-16)14-4-2-1-3-5-14/h1-9,17H,10-13H2. The smallest absolute Gasteiger partial charge is 0.253 e. The van der Waals surface area contributed by atoms with Gasteiger partial charge in [0.2, 0.25) is 0 Å². The van der Waals surface area contributed by atoms with E-state index in [1.54, 1.807) is 0 Å². The minimum atomic E-state index is -0.0308. The molecule has 4 nitrogen and oxygen atoms in total. The quantitative estimate of drug-likeness (QED) is 0.810. The lowest BCUT2D eigenvalue weighted by molar-refractivity contribution is 0.0745. The van der Waals surface area contributed by atoms with Gasteiger partial charge in [-0.15, -0.1) is 0 Å². The van der Waals surface area contributed by atoms with Crippen LogP contribution in [0.1, 0.15) is 16.8 Å². The molecular formula is C20H18ClN3O. The first kappa shape index (κ1) is 16.0. The monoisotopic (exact) mass is 351 g/mol. The molecule has 2 heterocycles. The van der Waals surface area contributed by atoms with E-state index in [1.165, 1.54) is 0 Å². The minimum Gasteiger partial charge on any atom is -0.337 e. The van der Waals surface area contributed by atoms with Gasteiger partial charge in [0.1, 0.15) is 11.8 Å². The molecule has 2 aromatic carbocycles. The van der Waals surface area contributed by atoms with Crippen molar-refractivity contribution in [1.29, 1.82) is 0 Å². The summed E-state index contributed by atoms with van der Waals surface area (Å²) in [5.41, 5.74) is 4.02. The summed E-state index contributed by atoms with van der Waals surface area (Å²) >= 11 is 6.23. The number of piperidine rings is 1. The number of hydrogen-bond donors (Lipinski definition) is 0. The van der Waals surface area contributed by atoms with E-state index in [1.807, 2.05) is 47.4 Å². The molecule has 0 bridgehead atoms. The first-order valence-electron chi connectivity index (χ1n) is 8.40. The number of fused-ring (bicyclic) bond motifs is 1. The van der Waals surface area contributed by atoms with Crippen LogP contribution in [-0.4, -0.2) is 41.4 Å². The van der Waals surface area contributed by atoms with Gasteiger partial charge in [-0.1, -0.05) is 54.1 Å². The Bertz CT molecular complexity index is 843. The van der Waals surface area contributed by atoms with Crippen LogP contribution in [0, 0.1) is 5.92 Å². The number of carbonyl (C=O) groups is 1. The predicted molar refractivity (Wildman–Crippen MR) is 101 cm³/mol. The molecule has 1 amide bonds. The van der Waals surface area contributed by atoms with Crippen molar-refractivity contribution >= 4 is 28.4 Å². The Labute approximate surface area is 151 Å². The zero-order chi connectivity index (χ0) is 17.2. The summed E-state index contributed by atoms with van der Waals surface area (Å²) in [5.74, 6) is 0.00501. The Morgan fingerprint density at radius 1 is 1.00 bits per heavy atom. The van der Waals surface area contributed by atoms with Crippen molar-refractivity contribution in [3.05, 3.63) is 60.2 Å². The second-order valence-corrected chi connectivity index (χ2v) is 6.66. The van der Waals surface area contributed by atoms with Crippen LogP contribution in [-0.2, 0) is 0 Å². The van der Waals surface area contributed by atoms with E-state index in [0.29, 0.717) is 30.5 Å². The normalized spacial score (nSPS) is 19.7. The van der Waals surface area contributed by atoms with Gasteiger partial charge in [0.05, 0.1) is 5.92 Å². The zero-order valence-corrected chi connectivity index (χ0v) is 14.5. The van der Waals surface area contributed by atoms with E-state index in [4.69, 9.17) is 11.6 Å². The molecule has 1 unspecified atom stereocenters. The minimum absolute atomic E-state index is 0.0308. The van der Waals surface area contributed by atoms with Crippen LogP contribution in [0.25, 0.3) is 11.1 Å². The van der Waals surface area contributed by atoms with Crippen LogP contribution >= 0.6 is 11.6 Å². The van der Waals surface area contributed by atoms with Gasteiger partial charge < -0.3 is 4.90 Å². The molecule has 0 aromatic heterocycles. The van der Waals surface area contributed by atoms with Crippen molar-refractivity contribution in [2.75, 3.05) is 19.8 Å². The Hall–Kier alpha value is -2.46. The Morgan fingerprint density at radius 3 is 2.48 bits per heavy atom. The van der Waals surface area contributed by atoms with Gasteiger partial charge in [-0.3, -0.25) is 14.8 Å². The number of rotatable bonds is 2. The second-order valence-electron chi connectivity index (χ2n) is 6.27. The lowest BCUT2D eigenvalue weighted by Gasteiger charge is -2.34. The van der Waals surface area contributed by atoms with Crippen molar-refractivity contribution in [2.45, 2.75) is 6.42 Å². The number of nitrogens with zero attached hydrogens (tertiary/aromatic N) is 3. The van der Waals surface area contributed by atoms with Crippen molar-refractivity contribution in [3.63, 3.8) is 0 Å². The maximum Gasteiger partial charge on any atom is 0.253 e. The fourth-order valence-corrected chi connectivity index (χ4v) is 3.60. The Kier molecular flexibility index (Phi) is 4.36. The summed E-state index contributed by atoms with van der Waals surface area (Å²) in [7, 11) is 0. The number of hydrogen-bond acceptors (Lipinski definition) is 3. The van der Waals surface area contributed by atoms with E-state index < -0.39 is 0 Å². The molecule has 2 aliphatic heterocycles. The zero-order valence-electron chi connectivity index (χ0n) is 13.7. The van der Waals surface area contributed by atoms with Crippen molar-refractivity contribution in [2.24, 2.45) is 15.9 Å². The van der Waals surface area contributed by atoms with E-state index in [9.17, 15) is 4.79 Å². The summed E-state index contributed by atoms with van der Waals surface area (Å²) < 4.78 is 0. The third-order valence-electron chi connectivity index (χ3n) is 4.75. The topological polar surface area (TPSA) is 45.0 Å². The van der Waals surface area contributed by atoms with Crippen molar-refractivity contribution < 1.29 is 4.79 Å². The fourth-order valence-electron chi connectivity index (χ4n) is 3.35. The molecule has 2 aromatic rings. The second kappa shape index (κ2) is 6.81. The lowest BCUT2D eigenvalue weighted by atomic mass is 9.94. The SMILES string of the molecule is O=C(c1ccc(-c2ccccc2)cc1)N1CCC2=NCN=C(Cl)C2C1. The maximum absolute atomic E-state index is 12.8. The Morgan fingerprint density at radius 2 is 1.72 bits per heavy atom. The number of likely N-dealkylation sites (tertiary alicyclic amines) is 1. The van der Waals surface area contributed by atoms with Gasteiger partial charge >= 0.3 is 0 Å². The summed E-state index contributed by atoms with van der Waals surface area (Å²) in [6.07, 6.45) is 0.768. The van der Waals surface area contributed by atoms with Gasteiger partial charge in [0.15, 0.2) is 0 Å². The first-order chi connectivity index (χ1) is 12.2. The number of carbonyl (C=O) groups excluding carboxylic acids is 1. The number of aliphatic imine (C=N–C) groups is 2. The molecule has 2 aliphatic rings. The number of benzene rings is 2. The number of amides is 1. The average molecular weight is 352 g/mol. The largest absolute Gasteiger partial charge is 0.337 e. The molecule has 1 fully saturated rings. The van der Waals surface area contributed by atoms with E-state index in [-0.39, 0.29) is 11.8 Å². The first-order valence-corrected chi connectivity index (χ1v) is 8.78. The molecule has 0 spiro atoms. The van der Waals surface area contributed by atoms with Crippen LogP contribution in [0.5, 0.6) is 0 Å². The van der Waals surface area contributed by atoms with Crippen molar-refractivity contribution in [3.8, 4) is 11.1 Å². The average Bonchev–Trinajstić information content (AvgIpc) is 2.68. The van der Waals surface area contributed by atoms with Crippen LogP contribution in [0.4, 0.5) is 0 Å². The molecule has 0 aliphatic carbocycles. The fraction of sp³-hybridized carbons (Fsp3) is 0.250. The highest BCUT2D eigenvalue weighted by molar-refractivity contribution is 6.67. The van der Waals surface area contributed by atoms with Gasteiger partial charge in [-0.2, -0.15) is 0 Å². The van der Waals surface area contributed by atoms with Crippen LogP contribution < -0.4 is 0 Å². The van der Waals surface area contributed by atoms with Gasteiger partial charge in [-0.05, 0) is 23.3 Å². The van der Waals surface area contributed by atoms with Gasteiger partial charge in [-0.25, -0.2) is 0 Å². The summed E-state index contributed by atoms with van der Waals surface area (Å²) in [6, 6.07) is 17.9. The van der Waals surface area contributed by atoms with Crippen LogP contribution in [0.3, 0.4) is 0 Å². The summed E-state index contributed by atoms with van der Waals surface area (Å²) in [6.45, 7) is 1.65. The molecule has 0 radical (unpaired) electrons. The van der Waals surface area contributed by atoms with E-state index >= 15 is 0 Å². The molecule has 4 rings (SSSR count). The van der Waals surface area contributed by atoms with Crippen molar-refractivity contribution in [1.82, 2.24) is 4.90 Å². The van der Waals surface area contributed by atoms with Gasteiger partial charge in [0, 0.05) is 30.8 Å². The highest BCUT2D eigenvalue weighted by atomic mass is 35.5. The molecule has 1 saturated heterocycles. The molecule has 0 saturated carbocycles. The molecule has 0 N–H and O–H groups in total. The van der Waals surface area contributed by atoms with Crippen LogP contribution in [0.2, 0.25) is 0 Å². The predicted octanol–water partition coefficient (Wildman–Crippen LogP) is 3.87. The third-order valence-corrected chi connectivity index (χ3v) is 5.14. The lowest BCUT2D eigenvalue weighted by Crippen LogP contribution is -2.47. The molecule has 5 heteroatoms. The highest BCUT2D eigenvalue weighted by Crippen LogP contribution is 2.24. The Balaban J connectivity index is 1.50. The summed E-state index contributed by atoms with van der Waals surface area (Å²) in [5, 5.41) is 0.571. The maximum atomic E-state index is 12.8. The summed E-state index contributed by atoms with van der Waals surface area (Å²) in [4.78, 5) is 23.3. The molecule has 1 atom stereocenters. The molecule has 25 heavy (non-hydrogen) atoms.